The SMILES string of the molecule is CC(C)CCn1c(SCC(N)=O)nc2sc3c(c2c1=O)CC[C@@H](C)C3. The molecule has 25 heavy (non-hydrogen) atoms. The minimum Gasteiger partial charge on any atom is -0.369 e. The van der Waals surface area contributed by atoms with Crippen LogP contribution >= 0.6 is 23.1 Å². The summed E-state index contributed by atoms with van der Waals surface area (Å²) in [5, 5.41) is 1.42. The summed E-state index contributed by atoms with van der Waals surface area (Å²) in [6.07, 6.45) is 4.03. The molecule has 0 unspecified atom stereocenters. The number of carbonyl (C=O) groups excluding carboxylic acids is 1. The maximum Gasteiger partial charge on any atom is 0.263 e. The van der Waals surface area contributed by atoms with Crippen LogP contribution in [0.25, 0.3) is 10.2 Å². The van der Waals surface area contributed by atoms with Crippen LogP contribution in [0.15, 0.2) is 9.95 Å². The van der Waals surface area contributed by atoms with Crippen molar-refractivity contribution in [3.63, 3.8) is 0 Å². The minimum absolute atomic E-state index is 0.0460. The van der Waals surface area contributed by atoms with E-state index in [4.69, 9.17) is 10.7 Å². The van der Waals surface area contributed by atoms with E-state index in [1.165, 1.54) is 22.2 Å². The van der Waals surface area contributed by atoms with Gasteiger partial charge in [0.05, 0.1) is 11.1 Å². The van der Waals surface area contributed by atoms with E-state index in [1.54, 1.807) is 15.9 Å². The fraction of sp³-hybridized carbons (Fsp3) is 0.611. The van der Waals surface area contributed by atoms with Crippen LogP contribution in [0.3, 0.4) is 0 Å². The van der Waals surface area contributed by atoms with Gasteiger partial charge in [-0.25, -0.2) is 4.98 Å². The van der Waals surface area contributed by atoms with Crippen molar-refractivity contribution in [3.05, 3.63) is 20.8 Å². The zero-order valence-electron chi connectivity index (χ0n) is 15.0. The lowest BCUT2D eigenvalue weighted by atomic mass is 9.89. The van der Waals surface area contributed by atoms with E-state index >= 15 is 0 Å². The Morgan fingerprint density at radius 1 is 1.48 bits per heavy atom. The van der Waals surface area contributed by atoms with E-state index in [-0.39, 0.29) is 11.3 Å². The quantitative estimate of drug-likeness (QED) is 0.617. The fourth-order valence-corrected chi connectivity index (χ4v) is 5.42. The van der Waals surface area contributed by atoms with Crippen molar-refractivity contribution in [2.45, 2.75) is 58.2 Å². The summed E-state index contributed by atoms with van der Waals surface area (Å²) in [6.45, 7) is 7.17. The Kier molecular flexibility index (Phi) is 5.53. The molecule has 1 aliphatic carbocycles. The summed E-state index contributed by atoms with van der Waals surface area (Å²) in [6, 6.07) is 0. The van der Waals surface area contributed by atoms with Crippen molar-refractivity contribution in [1.29, 1.82) is 0 Å². The Hall–Kier alpha value is -1.34. The largest absolute Gasteiger partial charge is 0.369 e. The molecule has 1 amide bonds. The van der Waals surface area contributed by atoms with E-state index in [1.807, 2.05) is 0 Å². The lowest BCUT2D eigenvalue weighted by Gasteiger charge is -2.18. The van der Waals surface area contributed by atoms with Gasteiger partial charge in [-0.2, -0.15) is 0 Å². The number of rotatable bonds is 6. The van der Waals surface area contributed by atoms with Gasteiger partial charge in [0.25, 0.3) is 5.56 Å². The molecule has 0 saturated heterocycles. The molecule has 3 rings (SSSR count). The van der Waals surface area contributed by atoms with Gasteiger partial charge in [0, 0.05) is 11.4 Å². The van der Waals surface area contributed by atoms with Crippen molar-refractivity contribution in [1.82, 2.24) is 9.55 Å². The van der Waals surface area contributed by atoms with Gasteiger partial charge >= 0.3 is 0 Å². The van der Waals surface area contributed by atoms with Crippen LogP contribution in [0, 0.1) is 11.8 Å². The van der Waals surface area contributed by atoms with Crippen molar-refractivity contribution >= 4 is 39.2 Å². The molecule has 2 aromatic rings. The van der Waals surface area contributed by atoms with Crippen LogP contribution in [0.5, 0.6) is 0 Å². The molecule has 0 saturated carbocycles. The highest BCUT2D eigenvalue weighted by Crippen LogP contribution is 2.36. The minimum atomic E-state index is -0.394. The van der Waals surface area contributed by atoms with Crippen molar-refractivity contribution in [2.75, 3.05) is 5.75 Å². The maximum atomic E-state index is 13.2. The molecule has 7 heteroatoms. The van der Waals surface area contributed by atoms with Gasteiger partial charge in [0.2, 0.25) is 5.91 Å². The van der Waals surface area contributed by atoms with Gasteiger partial charge in [0.1, 0.15) is 4.83 Å². The average Bonchev–Trinajstić information content (AvgIpc) is 2.89. The molecule has 0 bridgehead atoms. The zero-order valence-corrected chi connectivity index (χ0v) is 16.6. The number of nitrogens with zero attached hydrogens (tertiary/aromatic N) is 2. The Morgan fingerprint density at radius 2 is 2.24 bits per heavy atom. The first kappa shape index (κ1) is 18.5. The van der Waals surface area contributed by atoms with E-state index in [9.17, 15) is 9.59 Å². The Morgan fingerprint density at radius 3 is 2.92 bits per heavy atom. The van der Waals surface area contributed by atoms with Crippen molar-refractivity contribution < 1.29 is 4.79 Å². The van der Waals surface area contributed by atoms with Gasteiger partial charge in [-0.15, -0.1) is 11.3 Å². The second kappa shape index (κ2) is 7.50. The number of amides is 1. The maximum absolute atomic E-state index is 13.2. The molecular weight excluding hydrogens is 354 g/mol. The van der Waals surface area contributed by atoms with Crippen LogP contribution in [0.2, 0.25) is 0 Å². The highest BCUT2D eigenvalue weighted by atomic mass is 32.2. The molecule has 1 atom stereocenters. The Bertz CT molecular complexity index is 854. The van der Waals surface area contributed by atoms with Gasteiger partial charge in [0.15, 0.2) is 5.16 Å². The third kappa shape index (κ3) is 3.92. The summed E-state index contributed by atoms with van der Waals surface area (Å²) < 4.78 is 1.75. The molecule has 0 aromatic carbocycles. The first-order chi connectivity index (χ1) is 11.9. The first-order valence-corrected chi connectivity index (χ1v) is 10.6. The standard InChI is InChI=1S/C18H25N3O2S2/c1-10(2)6-7-21-17(23)15-12-5-4-11(3)8-13(12)25-16(15)20-18(21)24-9-14(19)22/h10-11H,4-9H2,1-3H3,(H2,19,22)/t11-/m1/s1. The molecule has 0 fully saturated rings. The van der Waals surface area contributed by atoms with Crippen molar-refractivity contribution in [3.8, 4) is 0 Å². The molecule has 1 aliphatic rings. The summed E-state index contributed by atoms with van der Waals surface area (Å²) in [7, 11) is 0. The van der Waals surface area contributed by atoms with Crippen molar-refractivity contribution in [2.24, 2.45) is 17.6 Å². The molecular formula is C18H25N3O2S2. The predicted molar refractivity (Wildman–Crippen MR) is 104 cm³/mol. The highest BCUT2D eigenvalue weighted by molar-refractivity contribution is 7.99. The number of aromatic nitrogens is 2. The van der Waals surface area contributed by atoms with Crippen LogP contribution in [-0.4, -0.2) is 21.2 Å². The Balaban J connectivity index is 2.10. The van der Waals surface area contributed by atoms with E-state index in [0.717, 1.165) is 35.9 Å². The number of nitrogens with two attached hydrogens (primary N) is 1. The van der Waals surface area contributed by atoms with Crippen LogP contribution in [0.4, 0.5) is 0 Å². The average molecular weight is 380 g/mol. The van der Waals surface area contributed by atoms with E-state index in [2.05, 4.69) is 20.8 Å². The molecule has 2 heterocycles. The number of fused-ring (bicyclic) bond motifs is 3. The summed E-state index contributed by atoms with van der Waals surface area (Å²) in [5.41, 5.74) is 6.54. The molecule has 0 spiro atoms. The third-order valence-corrected chi connectivity index (χ3v) is 6.80. The van der Waals surface area contributed by atoms with E-state index < -0.39 is 5.91 Å². The number of carbonyl (C=O) groups is 1. The molecule has 2 N–H and O–H groups in total. The second-order valence-electron chi connectivity index (χ2n) is 7.32. The summed E-state index contributed by atoms with van der Waals surface area (Å²) in [4.78, 5) is 31.3. The van der Waals surface area contributed by atoms with Gasteiger partial charge in [-0.1, -0.05) is 32.5 Å². The lowest BCUT2D eigenvalue weighted by molar-refractivity contribution is -0.115. The smallest absolute Gasteiger partial charge is 0.263 e. The number of thiophene rings is 1. The number of thioether (sulfide) groups is 1. The molecule has 2 aromatic heterocycles. The number of hydrogen-bond acceptors (Lipinski definition) is 5. The monoisotopic (exact) mass is 379 g/mol. The molecule has 0 radical (unpaired) electrons. The number of primary amides is 1. The van der Waals surface area contributed by atoms with Gasteiger partial charge in [-0.05, 0) is 43.1 Å². The lowest BCUT2D eigenvalue weighted by Crippen LogP contribution is -2.25. The van der Waals surface area contributed by atoms with Crippen LogP contribution in [-0.2, 0) is 24.2 Å². The fourth-order valence-electron chi connectivity index (χ4n) is 3.24. The van der Waals surface area contributed by atoms with Crippen LogP contribution in [0.1, 0.15) is 44.1 Å². The number of aryl methyl sites for hydroxylation is 1. The Labute approximate surface area is 156 Å². The highest BCUT2D eigenvalue weighted by Gasteiger charge is 2.24. The summed E-state index contributed by atoms with van der Waals surface area (Å²) >= 11 is 2.91. The molecule has 136 valence electrons. The summed E-state index contributed by atoms with van der Waals surface area (Å²) in [5.74, 6) is 0.900. The predicted octanol–water partition coefficient (Wildman–Crippen LogP) is 3.21. The molecule has 0 aliphatic heterocycles. The third-order valence-electron chi connectivity index (χ3n) is 4.65. The number of hydrogen-bond donors (Lipinski definition) is 1. The normalized spacial score (nSPS) is 17.2. The van der Waals surface area contributed by atoms with Gasteiger partial charge in [-0.3, -0.25) is 14.2 Å². The topological polar surface area (TPSA) is 78.0 Å². The van der Waals surface area contributed by atoms with Crippen LogP contribution < -0.4 is 11.3 Å². The second-order valence-corrected chi connectivity index (χ2v) is 9.35. The first-order valence-electron chi connectivity index (χ1n) is 8.83. The zero-order chi connectivity index (χ0) is 18.1. The molecule has 5 nitrogen and oxygen atoms in total. The van der Waals surface area contributed by atoms with E-state index in [0.29, 0.717) is 23.5 Å². The van der Waals surface area contributed by atoms with Gasteiger partial charge < -0.3 is 5.73 Å².